The van der Waals surface area contributed by atoms with Crippen LogP contribution in [0.5, 0.6) is 11.5 Å². The highest BCUT2D eigenvalue weighted by atomic mass is 32.2. The van der Waals surface area contributed by atoms with Gasteiger partial charge in [0.15, 0.2) is 0 Å². The van der Waals surface area contributed by atoms with Gasteiger partial charge >= 0.3 is 0 Å². The fraction of sp³-hybridized carbons (Fsp3) is 0.378. The molecule has 2 aliphatic heterocycles. The van der Waals surface area contributed by atoms with Gasteiger partial charge in [0.25, 0.3) is 21.6 Å². The van der Waals surface area contributed by atoms with Crippen LogP contribution >= 0.6 is 0 Å². The Morgan fingerprint density at radius 2 is 1.88 bits per heavy atom. The largest absolute Gasteiger partial charge is 0.455 e. The third-order valence-corrected chi connectivity index (χ3v) is 13.3. The number of carbonyl (C=O) groups excluding carboxylic acids is 1. The molecule has 2 fully saturated rings. The van der Waals surface area contributed by atoms with E-state index in [1.165, 1.54) is 35.9 Å². The molecule has 5 aromatic rings. The van der Waals surface area contributed by atoms with Gasteiger partial charge in [-0.2, -0.15) is 0 Å². The maximum atomic E-state index is 13.9. The van der Waals surface area contributed by atoms with Crippen molar-refractivity contribution < 1.29 is 27.6 Å². The zero-order chi connectivity index (χ0) is 41.1. The van der Waals surface area contributed by atoms with Crippen LogP contribution in [0.4, 0.5) is 11.4 Å². The number of pyridine rings is 1. The number of nitro groups is 1. The molecule has 13 nitrogen and oxygen atoms in total. The molecule has 0 bridgehead atoms. The van der Waals surface area contributed by atoms with Crippen molar-refractivity contribution in [3.05, 3.63) is 124 Å². The predicted molar refractivity (Wildman–Crippen MR) is 227 cm³/mol. The molecule has 2 atom stereocenters. The van der Waals surface area contributed by atoms with Crippen LogP contribution in [0.25, 0.3) is 16.6 Å². The van der Waals surface area contributed by atoms with E-state index in [0.717, 1.165) is 67.7 Å². The number of sulfonamides is 1. The Labute approximate surface area is 344 Å². The summed E-state index contributed by atoms with van der Waals surface area (Å²) in [4.78, 5) is 35.1. The Morgan fingerprint density at radius 1 is 1.05 bits per heavy atom. The minimum Gasteiger partial charge on any atom is -0.455 e. The van der Waals surface area contributed by atoms with E-state index in [4.69, 9.17) is 9.47 Å². The average Bonchev–Trinajstić information content (AvgIpc) is 3.93. The number of anilines is 1. The molecular formula is C45H50N6O7S. The molecule has 59 heavy (non-hydrogen) atoms. The number of ether oxygens (including phenoxy) is 2. The molecular weight excluding hydrogens is 769 g/mol. The van der Waals surface area contributed by atoms with Crippen molar-refractivity contribution in [3.63, 3.8) is 0 Å². The van der Waals surface area contributed by atoms with Crippen LogP contribution in [-0.2, 0) is 14.8 Å². The van der Waals surface area contributed by atoms with Crippen LogP contribution in [-0.4, -0.2) is 66.5 Å². The summed E-state index contributed by atoms with van der Waals surface area (Å²) in [5.74, 6) is 0.313. The van der Waals surface area contributed by atoms with Gasteiger partial charge in [0, 0.05) is 49.5 Å². The standard InChI is InChI=1S/C45H50N6O7S/c1-29(2)37-6-3-4-7-38(37)41-8-5-21-50(41)34-12-9-31(10-13-34)32-11-15-39(43(25-32)58-35-24-33-17-20-46-44(33)48-28-35)45(52)49-59(55,56)36-14-16-40(42(26-36)51(53)54)47-27-30-18-22-57-23-19-30/h3-4,6-7,9,11,14-17,20,24-26,28-30,34,41,47H,5,8,10,12-13,18-19,21-23,27H2,1-2H3,(H,46,48)(H,49,52). The Balaban J connectivity index is 1.03. The van der Waals surface area contributed by atoms with Gasteiger partial charge in [-0.15, -0.1) is 0 Å². The summed E-state index contributed by atoms with van der Waals surface area (Å²) >= 11 is 0. The number of nitrogens with one attached hydrogen (secondary N) is 3. The minimum atomic E-state index is -4.54. The lowest BCUT2D eigenvalue weighted by molar-refractivity contribution is -0.384. The lowest BCUT2D eigenvalue weighted by atomic mass is 9.87. The lowest BCUT2D eigenvalue weighted by Crippen LogP contribution is -2.36. The van der Waals surface area contributed by atoms with E-state index in [1.54, 1.807) is 24.4 Å². The van der Waals surface area contributed by atoms with Crippen molar-refractivity contribution in [3.8, 4) is 11.5 Å². The Morgan fingerprint density at radius 3 is 2.66 bits per heavy atom. The zero-order valence-electron chi connectivity index (χ0n) is 33.4. The Kier molecular flexibility index (Phi) is 11.8. The molecule has 1 amide bonds. The topological polar surface area (TPSA) is 169 Å². The number of nitrogens with zero attached hydrogens (tertiary/aromatic N) is 3. The minimum absolute atomic E-state index is 0.0197. The number of carbonyl (C=O) groups is 1. The summed E-state index contributed by atoms with van der Waals surface area (Å²) < 4.78 is 41.2. The molecule has 0 spiro atoms. The van der Waals surface area contributed by atoms with Crippen molar-refractivity contribution in [1.29, 1.82) is 0 Å². The summed E-state index contributed by atoms with van der Waals surface area (Å²) in [5, 5.41) is 16.0. The van der Waals surface area contributed by atoms with E-state index in [0.29, 0.717) is 49.2 Å². The van der Waals surface area contributed by atoms with E-state index in [9.17, 15) is 23.3 Å². The van der Waals surface area contributed by atoms with E-state index < -0.39 is 31.4 Å². The number of aromatic amines is 1. The predicted octanol–water partition coefficient (Wildman–Crippen LogP) is 9.12. The van der Waals surface area contributed by atoms with E-state index in [2.05, 4.69) is 69.1 Å². The van der Waals surface area contributed by atoms with Crippen LogP contribution in [0.3, 0.4) is 0 Å². The van der Waals surface area contributed by atoms with Gasteiger partial charge < -0.3 is 19.8 Å². The molecule has 3 N–H and O–H groups in total. The number of hydrogen-bond acceptors (Lipinski definition) is 10. The number of fused-ring (bicyclic) bond motifs is 1. The second-order valence-corrected chi connectivity index (χ2v) is 17.7. The number of hydrogen-bond donors (Lipinski definition) is 3. The van der Waals surface area contributed by atoms with Crippen LogP contribution < -0.4 is 14.8 Å². The van der Waals surface area contributed by atoms with Gasteiger partial charge in [-0.1, -0.05) is 50.3 Å². The summed E-state index contributed by atoms with van der Waals surface area (Å²) in [6, 6.07) is 22.0. The molecule has 2 unspecified atom stereocenters. The van der Waals surface area contributed by atoms with Gasteiger partial charge in [-0.25, -0.2) is 18.1 Å². The summed E-state index contributed by atoms with van der Waals surface area (Å²) in [6.07, 6.45) is 12.3. The number of benzene rings is 3. The highest BCUT2D eigenvalue weighted by Gasteiger charge is 2.34. The first-order valence-corrected chi connectivity index (χ1v) is 22.0. The maximum Gasteiger partial charge on any atom is 0.293 e. The third kappa shape index (κ3) is 8.90. The first-order valence-electron chi connectivity index (χ1n) is 20.5. The number of nitro benzene ring substituents is 1. The summed E-state index contributed by atoms with van der Waals surface area (Å²) in [5.41, 5.74) is 5.30. The quantitative estimate of drug-likeness (QED) is 0.0770. The van der Waals surface area contributed by atoms with Gasteiger partial charge in [0.05, 0.1) is 21.6 Å². The molecule has 3 aliphatic rings. The summed E-state index contributed by atoms with van der Waals surface area (Å²) in [6.45, 7) is 7.34. The first-order chi connectivity index (χ1) is 28.5. The highest BCUT2D eigenvalue weighted by Crippen LogP contribution is 2.42. The molecule has 0 saturated carbocycles. The Hall–Kier alpha value is -5.57. The van der Waals surface area contributed by atoms with Crippen molar-refractivity contribution in [2.75, 3.05) is 31.6 Å². The zero-order valence-corrected chi connectivity index (χ0v) is 34.2. The van der Waals surface area contributed by atoms with Crippen LogP contribution in [0, 0.1) is 16.0 Å². The van der Waals surface area contributed by atoms with Gasteiger partial charge in [0.2, 0.25) is 0 Å². The smallest absolute Gasteiger partial charge is 0.293 e. The van der Waals surface area contributed by atoms with Crippen molar-refractivity contribution in [2.45, 2.75) is 81.7 Å². The summed E-state index contributed by atoms with van der Waals surface area (Å²) in [7, 11) is -4.54. The number of likely N-dealkylation sites (tertiary alicyclic amines) is 1. The van der Waals surface area contributed by atoms with Crippen molar-refractivity contribution in [1.82, 2.24) is 19.6 Å². The van der Waals surface area contributed by atoms with Gasteiger partial charge in [0.1, 0.15) is 22.8 Å². The van der Waals surface area contributed by atoms with Crippen LogP contribution in [0.1, 0.15) is 97.8 Å². The SMILES string of the molecule is CC(C)c1ccccc1C1CCCN1C1CC=C(c2ccc(C(=O)NS(=O)(=O)c3ccc(NCC4CCOCC4)c([N+](=O)[O-])c3)c(Oc3cnc4[nH]ccc4c3)c2)CC1. The number of amides is 1. The van der Waals surface area contributed by atoms with Crippen molar-refractivity contribution >= 4 is 43.9 Å². The van der Waals surface area contributed by atoms with Gasteiger partial charge in [-0.3, -0.25) is 19.8 Å². The molecule has 0 radical (unpaired) electrons. The third-order valence-electron chi connectivity index (χ3n) is 11.9. The number of allylic oxidation sites excluding steroid dienone is 1. The number of aromatic nitrogens is 2. The molecule has 14 heteroatoms. The molecule has 2 saturated heterocycles. The monoisotopic (exact) mass is 818 g/mol. The number of H-pyrrole nitrogens is 1. The van der Waals surface area contributed by atoms with Crippen LogP contribution in [0.2, 0.25) is 0 Å². The molecule has 1 aliphatic carbocycles. The number of rotatable bonds is 13. The average molecular weight is 819 g/mol. The lowest BCUT2D eigenvalue weighted by Gasteiger charge is -2.36. The molecule has 308 valence electrons. The van der Waals surface area contributed by atoms with E-state index in [-0.39, 0.29) is 22.9 Å². The Bertz CT molecular complexity index is 2490. The molecule has 8 rings (SSSR count). The van der Waals surface area contributed by atoms with Crippen LogP contribution in [0.15, 0.2) is 96.2 Å². The van der Waals surface area contributed by atoms with E-state index >= 15 is 0 Å². The molecule has 2 aromatic heterocycles. The molecule has 3 aromatic carbocycles. The normalized spacial score (nSPS) is 19.1. The second-order valence-electron chi connectivity index (χ2n) is 16.0. The highest BCUT2D eigenvalue weighted by molar-refractivity contribution is 7.90. The fourth-order valence-corrected chi connectivity index (χ4v) is 9.79. The fourth-order valence-electron chi connectivity index (χ4n) is 8.80. The van der Waals surface area contributed by atoms with Crippen molar-refractivity contribution in [2.24, 2.45) is 5.92 Å². The van der Waals surface area contributed by atoms with E-state index in [1.807, 2.05) is 12.1 Å². The van der Waals surface area contributed by atoms with Gasteiger partial charge in [-0.05, 0) is 122 Å². The first kappa shape index (κ1) is 40.2. The molecule has 4 heterocycles. The maximum absolute atomic E-state index is 13.9. The second kappa shape index (κ2) is 17.3.